The van der Waals surface area contributed by atoms with Gasteiger partial charge >= 0.3 is 12.0 Å². The molecule has 2 rings (SSSR count). The van der Waals surface area contributed by atoms with Crippen LogP contribution < -0.4 is 20.1 Å². The Labute approximate surface area is 167 Å². The minimum absolute atomic E-state index is 0.0647. The van der Waals surface area contributed by atoms with Crippen molar-refractivity contribution in [3.05, 3.63) is 33.4 Å². The first-order valence-electron chi connectivity index (χ1n) is 8.82. The maximum atomic E-state index is 12.5. The number of carbonyl (C=O) groups excluding carboxylic acids is 2. The Morgan fingerprint density at radius 2 is 1.89 bits per heavy atom. The lowest BCUT2D eigenvalue weighted by Gasteiger charge is -2.31. The second-order valence-corrected chi connectivity index (χ2v) is 7.06. The molecule has 1 unspecified atom stereocenters. The third kappa shape index (κ3) is 4.55. The van der Waals surface area contributed by atoms with Gasteiger partial charge in [-0.1, -0.05) is 13.8 Å². The number of benzene rings is 1. The van der Waals surface area contributed by atoms with E-state index in [4.69, 9.17) is 14.2 Å². The van der Waals surface area contributed by atoms with Gasteiger partial charge in [0.25, 0.3) is 0 Å². The van der Waals surface area contributed by atoms with E-state index in [2.05, 4.69) is 26.6 Å². The van der Waals surface area contributed by atoms with Crippen LogP contribution in [-0.4, -0.2) is 32.3 Å². The molecule has 1 aromatic rings. The summed E-state index contributed by atoms with van der Waals surface area (Å²) in [5.41, 5.74) is 1.59. The zero-order valence-electron chi connectivity index (χ0n) is 16.1. The van der Waals surface area contributed by atoms with Crippen molar-refractivity contribution in [3.8, 4) is 11.5 Å². The number of nitrogens with one attached hydrogen (secondary N) is 2. The molecule has 8 heteroatoms. The fourth-order valence-corrected chi connectivity index (χ4v) is 3.50. The van der Waals surface area contributed by atoms with E-state index in [0.717, 1.165) is 0 Å². The maximum absolute atomic E-state index is 12.5. The van der Waals surface area contributed by atoms with Crippen LogP contribution in [0.2, 0.25) is 0 Å². The van der Waals surface area contributed by atoms with Crippen molar-refractivity contribution in [1.82, 2.24) is 10.6 Å². The molecule has 2 amide bonds. The Morgan fingerprint density at radius 3 is 2.44 bits per heavy atom. The molecule has 0 radical (unpaired) electrons. The van der Waals surface area contributed by atoms with Gasteiger partial charge in [0.2, 0.25) is 0 Å². The van der Waals surface area contributed by atoms with Crippen molar-refractivity contribution in [1.29, 1.82) is 0 Å². The highest BCUT2D eigenvalue weighted by atomic mass is 79.9. The normalized spacial score (nSPS) is 16.7. The van der Waals surface area contributed by atoms with E-state index >= 15 is 0 Å². The third-order valence-corrected chi connectivity index (χ3v) is 4.63. The molecule has 0 aliphatic carbocycles. The average molecular weight is 441 g/mol. The minimum Gasteiger partial charge on any atom is -0.490 e. The van der Waals surface area contributed by atoms with Gasteiger partial charge in [-0.3, -0.25) is 0 Å². The van der Waals surface area contributed by atoms with E-state index in [0.29, 0.717) is 46.0 Å². The standard InChI is InChI=1S/C19H25BrN2O5/c1-6-26-13-9-11(8-12(20)17(13)27-7-2)16-14(18(23)25-5)15(10(3)4)21-19(24)22-16/h8-10,16H,6-7H2,1-5H3,(H2,21,22,24). The summed E-state index contributed by atoms with van der Waals surface area (Å²) < 4.78 is 17.0. The molecule has 1 heterocycles. The topological polar surface area (TPSA) is 85.9 Å². The molecule has 0 spiro atoms. The fraction of sp³-hybridized carbons (Fsp3) is 0.474. The van der Waals surface area contributed by atoms with Crippen molar-refractivity contribution >= 4 is 27.9 Å². The SMILES string of the molecule is CCOc1cc(C2NC(=O)NC(C(C)C)=C2C(=O)OC)cc(Br)c1OCC. The van der Waals surface area contributed by atoms with Crippen molar-refractivity contribution in [3.63, 3.8) is 0 Å². The quantitative estimate of drug-likeness (QED) is 0.631. The summed E-state index contributed by atoms with van der Waals surface area (Å²) >= 11 is 3.50. The molecule has 148 valence electrons. The van der Waals surface area contributed by atoms with Crippen molar-refractivity contribution in [2.45, 2.75) is 33.7 Å². The first-order valence-corrected chi connectivity index (χ1v) is 9.62. The zero-order valence-corrected chi connectivity index (χ0v) is 17.7. The molecule has 0 saturated heterocycles. The number of hydrogen-bond donors (Lipinski definition) is 2. The third-order valence-electron chi connectivity index (χ3n) is 4.04. The van der Waals surface area contributed by atoms with Crippen molar-refractivity contribution in [2.24, 2.45) is 5.92 Å². The second-order valence-electron chi connectivity index (χ2n) is 6.20. The molecular weight excluding hydrogens is 416 g/mol. The van der Waals surface area contributed by atoms with Gasteiger partial charge in [-0.2, -0.15) is 0 Å². The van der Waals surface area contributed by atoms with Gasteiger partial charge in [-0.15, -0.1) is 0 Å². The van der Waals surface area contributed by atoms with Gasteiger partial charge in [0.1, 0.15) is 0 Å². The van der Waals surface area contributed by atoms with E-state index in [1.54, 1.807) is 6.07 Å². The highest BCUT2D eigenvalue weighted by molar-refractivity contribution is 9.10. The van der Waals surface area contributed by atoms with Crippen LogP contribution >= 0.6 is 15.9 Å². The number of urea groups is 1. The number of rotatable bonds is 7. The summed E-state index contributed by atoms with van der Waals surface area (Å²) in [7, 11) is 1.32. The van der Waals surface area contributed by atoms with Gasteiger partial charge in [-0.05, 0) is 53.4 Å². The fourth-order valence-electron chi connectivity index (χ4n) is 2.93. The Bertz CT molecular complexity index is 761. The number of esters is 1. The van der Waals surface area contributed by atoms with E-state index in [1.807, 2.05) is 33.8 Å². The number of ether oxygens (including phenoxy) is 3. The molecule has 27 heavy (non-hydrogen) atoms. The molecule has 0 aromatic heterocycles. The van der Waals surface area contributed by atoms with Crippen LogP contribution in [0.5, 0.6) is 11.5 Å². The van der Waals surface area contributed by atoms with Crippen molar-refractivity contribution < 1.29 is 23.8 Å². The summed E-state index contributed by atoms with van der Waals surface area (Å²) in [4.78, 5) is 24.7. The Balaban J connectivity index is 2.64. The van der Waals surface area contributed by atoms with E-state index in [-0.39, 0.29) is 11.9 Å². The molecule has 0 saturated carbocycles. The molecule has 0 fully saturated rings. The molecule has 1 aliphatic heterocycles. The maximum Gasteiger partial charge on any atom is 0.337 e. The van der Waals surface area contributed by atoms with E-state index in [9.17, 15) is 9.59 Å². The number of halogens is 1. The molecule has 7 nitrogen and oxygen atoms in total. The van der Waals surface area contributed by atoms with Crippen LogP contribution in [0.3, 0.4) is 0 Å². The van der Waals surface area contributed by atoms with Gasteiger partial charge in [0.15, 0.2) is 11.5 Å². The lowest BCUT2D eigenvalue weighted by molar-refractivity contribution is -0.136. The molecule has 1 aromatic carbocycles. The molecular formula is C19H25BrN2O5. The lowest BCUT2D eigenvalue weighted by Crippen LogP contribution is -2.47. The van der Waals surface area contributed by atoms with Gasteiger partial charge in [-0.25, -0.2) is 9.59 Å². The predicted octanol–water partition coefficient (Wildman–Crippen LogP) is 3.68. The first kappa shape index (κ1) is 21.1. The zero-order chi connectivity index (χ0) is 20.1. The largest absolute Gasteiger partial charge is 0.490 e. The van der Waals surface area contributed by atoms with Crippen LogP contribution in [0.25, 0.3) is 0 Å². The molecule has 2 N–H and O–H groups in total. The van der Waals surface area contributed by atoms with E-state index in [1.165, 1.54) is 7.11 Å². The number of carbonyl (C=O) groups is 2. The highest BCUT2D eigenvalue weighted by Gasteiger charge is 2.35. The summed E-state index contributed by atoms with van der Waals surface area (Å²) in [5, 5.41) is 5.53. The average Bonchev–Trinajstić information content (AvgIpc) is 2.63. The second kappa shape index (κ2) is 9.12. The minimum atomic E-state index is -0.671. The predicted molar refractivity (Wildman–Crippen MR) is 105 cm³/mol. The van der Waals surface area contributed by atoms with Crippen molar-refractivity contribution in [2.75, 3.05) is 20.3 Å². The van der Waals surface area contributed by atoms with Crippen LogP contribution in [0, 0.1) is 5.92 Å². The highest BCUT2D eigenvalue weighted by Crippen LogP contribution is 2.41. The molecule has 1 atom stereocenters. The van der Waals surface area contributed by atoms with Crippen LogP contribution in [0.15, 0.2) is 27.9 Å². The molecule has 0 bridgehead atoms. The van der Waals surface area contributed by atoms with Crippen LogP contribution in [0.4, 0.5) is 4.79 Å². The number of allylic oxidation sites excluding steroid dienone is 1. The lowest BCUT2D eigenvalue weighted by atomic mass is 9.91. The monoisotopic (exact) mass is 440 g/mol. The van der Waals surface area contributed by atoms with E-state index < -0.39 is 12.0 Å². The van der Waals surface area contributed by atoms with Gasteiger partial charge in [0.05, 0.1) is 36.4 Å². The first-order chi connectivity index (χ1) is 12.8. The Morgan fingerprint density at radius 1 is 1.22 bits per heavy atom. The summed E-state index contributed by atoms with van der Waals surface area (Å²) in [6, 6.07) is 2.54. The van der Waals surface area contributed by atoms with Crippen LogP contribution in [0.1, 0.15) is 39.3 Å². The summed E-state index contributed by atoms with van der Waals surface area (Å²) in [5.74, 6) is 0.548. The number of methoxy groups -OCH3 is 1. The van der Waals surface area contributed by atoms with Gasteiger partial charge < -0.3 is 24.8 Å². The smallest absolute Gasteiger partial charge is 0.337 e. The number of amides is 2. The summed E-state index contributed by atoms with van der Waals surface area (Å²) in [6.07, 6.45) is 0. The van der Waals surface area contributed by atoms with Crippen LogP contribution in [-0.2, 0) is 9.53 Å². The van der Waals surface area contributed by atoms with Gasteiger partial charge in [0, 0.05) is 5.70 Å². The molecule has 1 aliphatic rings. The number of hydrogen-bond acceptors (Lipinski definition) is 5. The Kier molecular flexibility index (Phi) is 7.12. The Hall–Kier alpha value is -2.22. The summed E-state index contributed by atoms with van der Waals surface area (Å²) in [6.45, 7) is 8.50.